The van der Waals surface area contributed by atoms with Gasteiger partial charge in [0.2, 0.25) is 5.91 Å². The first-order valence-electron chi connectivity index (χ1n) is 6.74. The third-order valence-corrected chi connectivity index (χ3v) is 3.24. The summed E-state index contributed by atoms with van der Waals surface area (Å²) in [6.07, 6.45) is 3.17. The molecule has 19 heavy (non-hydrogen) atoms. The molecule has 0 aliphatic heterocycles. The molecule has 0 aromatic heterocycles. The van der Waals surface area contributed by atoms with Gasteiger partial charge in [0.25, 0.3) is 0 Å². The van der Waals surface area contributed by atoms with Gasteiger partial charge < -0.3 is 4.74 Å². The maximum absolute atomic E-state index is 11.0. The smallest absolute Gasteiger partial charge is 0.233 e. The lowest BCUT2D eigenvalue weighted by Gasteiger charge is -2.12. The Morgan fingerprint density at radius 3 is 2.68 bits per heavy atom. The highest BCUT2D eigenvalue weighted by Gasteiger charge is 2.07. The normalized spacial score (nSPS) is 10.6. The Labute approximate surface area is 115 Å². The average molecular weight is 264 g/mol. The molecule has 0 bridgehead atoms. The minimum absolute atomic E-state index is 0.109. The fraction of sp³-hybridized carbons (Fsp3) is 0.533. The van der Waals surface area contributed by atoms with E-state index in [4.69, 9.17) is 10.6 Å². The third-order valence-electron chi connectivity index (χ3n) is 3.24. The standard InChI is InChI=1S/C15H24N2O2/c1-11(2)13-9-8-12(14(10-13)19-3)6-4-5-7-15(18)17-16/h8-11H,4-7,16H2,1-3H3,(H,17,18). The molecule has 1 rings (SSSR count). The van der Waals surface area contributed by atoms with Gasteiger partial charge in [0.05, 0.1) is 7.11 Å². The molecule has 0 fully saturated rings. The van der Waals surface area contributed by atoms with Gasteiger partial charge >= 0.3 is 0 Å². The molecule has 1 amide bonds. The van der Waals surface area contributed by atoms with E-state index >= 15 is 0 Å². The number of carbonyl (C=O) groups excluding carboxylic acids is 1. The van der Waals surface area contributed by atoms with Crippen molar-refractivity contribution >= 4 is 5.91 Å². The van der Waals surface area contributed by atoms with Crippen LogP contribution in [-0.2, 0) is 11.2 Å². The third kappa shape index (κ3) is 4.91. The van der Waals surface area contributed by atoms with Crippen LogP contribution in [0.1, 0.15) is 50.2 Å². The Hall–Kier alpha value is -1.55. The maximum atomic E-state index is 11.0. The second-order valence-electron chi connectivity index (χ2n) is 5.00. The summed E-state index contributed by atoms with van der Waals surface area (Å²) < 4.78 is 5.44. The number of hydrogen-bond acceptors (Lipinski definition) is 3. The highest BCUT2D eigenvalue weighted by atomic mass is 16.5. The summed E-state index contributed by atoms with van der Waals surface area (Å²) in [6.45, 7) is 4.33. The van der Waals surface area contributed by atoms with Crippen LogP contribution in [0.2, 0.25) is 0 Å². The van der Waals surface area contributed by atoms with Crippen LogP contribution < -0.4 is 16.0 Å². The van der Waals surface area contributed by atoms with Crippen LogP contribution in [0.3, 0.4) is 0 Å². The molecule has 0 saturated carbocycles. The van der Waals surface area contributed by atoms with Crippen molar-refractivity contribution in [2.24, 2.45) is 5.84 Å². The number of hydrazine groups is 1. The zero-order chi connectivity index (χ0) is 14.3. The summed E-state index contributed by atoms with van der Waals surface area (Å²) in [7, 11) is 1.70. The molecular weight excluding hydrogens is 240 g/mol. The summed E-state index contributed by atoms with van der Waals surface area (Å²) >= 11 is 0. The van der Waals surface area contributed by atoms with Crippen molar-refractivity contribution in [3.05, 3.63) is 29.3 Å². The number of ether oxygens (including phenoxy) is 1. The number of carbonyl (C=O) groups is 1. The van der Waals surface area contributed by atoms with Gasteiger partial charge in [0.1, 0.15) is 5.75 Å². The molecule has 0 unspecified atom stereocenters. The minimum atomic E-state index is -0.109. The Kier molecular flexibility index (Phi) is 6.36. The molecular formula is C15H24N2O2. The molecule has 0 atom stereocenters. The van der Waals surface area contributed by atoms with Crippen LogP contribution in [0.15, 0.2) is 18.2 Å². The van der Waals surface area contributed by atoms with Crippen LogP contribution >= 0.6 is 0 Å². The van der Waals surface area contributed by atoms with Crippen molar-refractivity contribution in [3.8, 4) is 5.75 Å². The zero-order valence-corrected chi connectivity index (χ0v) is 12.0. The Morgan fingerprint density at radius 1 is 1.37 bits per heavy atom. The number of nitrogens with one attached hydrogen (secondary N) is 1. The first-order chi connectivity index (χ1) is 9.08. The van der Waals surface area contributed by atoms with E-state index in [1.54, 1.807) is 7.11 Å². The van der Waals surface area contributed by atoms with Gasteiger partial charge in [-0.15, -0.1) is 0 Å². The molecule has 0 aliphatic carbocycles. The molecule has 0 spiro atoms. The Morgan fingerprint density at radius 2 is 2.11 bits per heavy atom. The minimum Gasteiger partial charge on any atom is -0.496 e. The largest absolute Gasteiger partial charge is 0.496 e. The molecule has 4 nitrogen and oxygen atoms in total. The Balaban J connectivity index is 2.56. The number of nitrogens with two attached hydrogens (primary N) is 1. The van der Waals surface area contributed by atoms with E-state index in [-0.39, 0.29) is 5.91 Å². The predicted molar refractivity (Wildman–Crippen MR) is 77.0 cm³/mol. The number of aryl methyl sites for hydroxylation is 1. The van der Waals surface area contributed by atoms with E-state index in [9.17, 15) is 4.79 Å². The van der Waals surface area contributed by atoms with Crippen molar-refractivity contribution in [3.63, 3.8) is 0 Å². The molecule has 0 radical (unpaired) electrons. The number of methoxy groups -OCH3 is 1. The van der Waals surface area contributed by atoms with Crippen molar-refractivity contribution in [1.82, 2.24) is 5.43 Å². The maximum Gasteiger partial charge on any atom is 0.233 e. The van der Waals surface area contributed by atoms with Crippen molar-refractivity contribution in [1.29, 1.82) is 0 Å². The fourth-order valence-electron chi connectivity index (χ4n) is 2.00. The number of unbranched alkanes of at least 4 members (excludes halogenated alkanes) is 1. The second-order valence-corrected chi connectivity index (χ2v) is 5.00. The van der Waals surface area contributed by atoms with Crippen LogP contribution in [0.5, 0.6) is 5.75 Å². The van der Waals surface area contributed by atoms with Gasteiger partial charge in [-0.2, -0.15) is 0 Å². The van der Waals surface area contributed by atoms with Gasteiger partial charge in [-0.1, -0.05) is 26.0 Å². The topological polar surface area (TPSA) is 64.3 Å². The van der Waals surface area contributed by atoms with Crippen LogP contribution in [0.4, 0.5) is 0 Å². The van der Waals surface area contributed by atoms with Crippen LogP contribution in [0, 0.1) is 0 Å². The lowest BCUT2D eigenvalue weighted by molar-refractivity contribution is -0.121. The van der Waals surface area contributed by atoms with Crippen molar-refractivity contribution < 1.29 is 9.53 Å². The molecule has 0 heterocycles. The highest BCUT2D eigenvalue weighted by molar-refractivity contribution is 5.75. The van der Waals surface area contributed by atoms with E-state index in [1.165, 1.54) is 11.1 Å². The van der Waals surface area contributed by atoms with Gasteiger partial charge in [-0.05, 0) is 42.4 Å². The lowest BCUT2D eigenvalue weighted by atomic mass is 9.98. The number of amides is 1. The van der Waals surface area contributed by atoms with E-state index in [0.717, 1.165) is 25.0 Å². The zero-order valence-electron chi connectivity index (χ0n) is 12.0. The number of rotatable bonds is 7. The summed E-state index contributed by atoms with van der Waals surface area (Å²) in [6, 6.07) is 6.37. The number of benzene rings is 1. The van der Waals surface area contributed by atoms with E-state index in [1.807, 2.05) is 0 Å². The summed E-state index contributed by atoms with van der Waals surface area (Å²) in [4.78, 5) is 11.0. The summed E-state index contributed by atoms with van der Waals surface area (Å²) in [5, 5.41) is 0. The first kappa shape index (κ1) is 15.5. The van der Waals surface area contributed by atoms with Crippen molar-refractivity contribution in [2.75, 3.05) is 7.11 Å². The average Bonchev–Trinajstić information content (AvgIpc) is 2.42. The van der Waals surface area contributed by atoms with E-state index in [0.29, 0.717) is 12.3 Å². The van der Waals surface area contributed by atoms with Crippen molar-refractivity contribution in [2.45, 2.75) is 45.4 Å². The van der Waals surface area contributed by atoms with Gasteiger partial charge in [-0.25, -0.2) is 5.84 Å². The molecule has 1 aromatic rings. The molecule has 106 valence electrons. The first-order valence-corrected chi connectivity index (χ1v) is 6.74. The fourth-order valence-corrected chi connectivity index (χ4v) is 2.00. The highest BCUT2D eigenvalue weighted by Crippen LogP contribution is 2.26. The van der Waals surface area contributed by atoms with Gasteiger partial charge in [0, 0.05) is 6.42 Å². The van der Waals surface area contributed by atoms with Gasteiger partial charge in [0.15, 0.2) is 0 Å². The van der Waals surface area contributed by atoms with Gasteiger partial charge in [-0.3, -0.25) is 10.2 Å². The predicted octanol–water partition coefficient (Wildman–Crippen LogP) is 2.52. The monoisotopic (exact) mass is 264 g/mol. The second kappa shape index (κ2) is 7.79. The van der Waals surface area contributed by atoms with Crippen LogP contribution in [-0.4, -0.2) is 13.0 Å². The number of hydrogen-bond donors (Lipinski definition) is 2. The molecule has 3 N–H and O–H groups in total. The SMILES string of the molecule is COc1cc(C(C)C)ccc1CCCCC(=O)NN. The molecule has 4 heteroatoms. The van der Waals surface area contributed by atoms with E-state index in [2.05, 4.69) is 37.5 Å². The molecule has 1 aromatic carbocycles. The summed E-state index contributed by atoms with van der Waals surface area (Å²) in [5.41, 5.74) is 4.62. The van der Waals surface area contributed by atoms with Crippen LogP contribution in [0.25, 0.3) is 0 Å². The molecule has 0 saturated heterocycles. The molecule has 0 aliphatic rings. The summed E-state index contributed by atoms with van der Waals surface area (Å²) in [5.74, 6) is 6.36. The Bertz CT molecular complexity index is 417. The van der Waals surface area contributed by atoms with E-state index < -0.39 is 0 Å². The quantitative estimate of drug-likeness (QED) is 0.344. The lowest BCUT2D eigenvalue weighted by Crippen LogP contribution is -2.29.